The van der Waals surface area contributed by atoms with Crippen LogP contribution >= 0.6 is 11.6 Å². The molecule has 2 aromatic heterocycles. The zero-order valence-electron chi connectivity index (χ0n) is 12.4. The molecule has 0 aliphatic heterocycles. The quantitative estimate of drug-likeness (QED) is 0.718. The van der Waals surface area contributed by atoms with Crippen molar-refractivity contribution in [3.8, 4) is 5.69 Å². The summed E-state index contributed by atoms with van der Waals surface area (Å²) >= 11 is 5.63. The summed E-state index contributed by atoms with van der Waals surface area (Å²) in [6.07, 6.45) is -4.14. The lowest BCUT2D eigenvalue weighted by atomic mass is 10.1. The lowest BCUT2D eigenvalue weighted by Gasteiger charge is -2.20. The van der Waals surface area contributed by atoms with Gasteiger partial charge in [-0.05, 0) is 12.1 Å². The second-order valence-electron chi connectivity index (χ2n) is 4.83. The van der Waals surface area contributed by atoms with Crippen LogP contribution in [0.5, 0.6) is 0 Å². The molecule has 0 aliphatic rings. The second kappa shape index (κ2) is 6.52. The van der Waals surface area contributed by atoms with Crippen molar-refractivity contribution >= 4 is 21.4 Å². The summed E-state index contributed by atoms with van der Waals surface area (Å²) in [7, 11) is -4.14. The van der Waals surface area contributed by atoms with E-state index in [0.29, 0.717) is 0 Å². The zero-order chi connectivity index (χ0) is 19.0. The third-order valence-corrected chi connectivity index (χ3v) is 5.06. The molecular weight excluding hydrogens is 393 g/mol. The van der Waals surface area contributed by atoms with E-state index in [1.807, 2.05) is 0 Å². The van der Waals surface area contributed by atoms with E-state index in [9.17, 15) is 30.4 Å². The fourth-order valence-corrected chi connectivity index (χ4v) is 2.96. The molecule has 0 bridgehead atoms. The zero-order valence-corrected chi connectivity index (χ0v) is 14.0. The first-order valence-corrected chi connectivity index (χ1v) is 8.65. The maximum atomic E-state index is 13.3. The summed E-state index contributed by atoms with van der Waals surface area (Å²) in [5.74, 6) is -5.76. The van der Waals surface area contributed by atoms with Gasteiger partial charge < -0.3 is 0 Å². The molecule has 0 saturated heterocycles. The van der Waals surface area contributed by atoms with Gasteiger partial charge in [0.05, 0.1) is 34.6 Å². The molecule has 2 aromatic rings. The van der Waals surface area contributed by atoms with Crippen LogP contribution in [0.1, 0.15) is 12.6 Å². The van der Waals surface area contributed by atoms with Gasteiger partial charge >= 0.3 is 12.1 Å². The van der Waals surface area contributed by atoms with Gasteiger partial charge in [0.25, 0.3) is 0 Å². The van der Waals surface area contributed by atoms with Crippen LogP contribution in [0.3, 0.4) is 0 Å². The molecule has 0 N–H and O–H groups in total. The van der Waals surface area contributed by atoms with E-state index >= 15 is 0 Å². The van der Waals surface area contributed by atoms with Gasteiger partial charge in [-0.25, -0.2) is 13.1 Å². The van der Waals surface area contributed by atoms with Crippen molar-refractivity contribution in [3.05, 3.63) is 41.8 Å². The van der Waals surface area contributed by atoms with Crippen molar-refractivity contribution in [2.24, 2.45) is 0 Å². The molecule has 2 heterocycles. The third kappa shape index (κ3) is 4.09. The highest BCUT2D eigenvalue weighted by Crippen LogP contribution is 2.40. The second-order valence-corrected chi connectivity index (χ2v) is 7.46. The Labute approximate surface area is 144 Å². The summed E-state index contributed by atoms with van der Waals surface area (Å²) in [6, 6.07) is 2.28. The van der Waals surface area contributed by atoms with Gasteiger partial charge in [0.1, 0.15) is 0 Å². The summed E-state index contributed by atoms with van der Waals surface area (Å²) < 4.78 is 89.0. The lowest BCUT2D eigenvalue weighted by Crippen LogP contribution is -2.37. The fourth-order valence-electron chi connectivity index (χ4n) is 1.78. The molecule has 137 valence electrons. The molecule has 0 fully saturated rings. The highest BCUT2D eigenvalue weighted by Gasteiger charge is 2.58. The van der Waals surface area contributed by atoms with Gasteiger partial charge in [-0.3, -0.25) is 4.98 Å². The number of sulfone groups is 1. The summed E-state index contributed by atoms with van der Waals surface area (Å²) in [5, 5.41) is 3.85. The van der Waals surface area contributed by atoms with Crippen molar-refractivity contribution in [1.82, 2.24) is 14.8 Å². The molecule has 0 aromatic carbocycles. The predicted molar refractivity (Wildman–Crippen MR) is 78.5 cm³/mol. The topological polar surface area (TPSA) is 64.8 Å². The SMILES string of the molecule is CCS(=O)(=O)c1cc(-n2ccc(Cl)n2)cnc1[CH]C(F)(F)C(F)(F)F. The van der Waals surface area contributed by atoms with Crippen LogP contribution in [0.2, 0.25) is 5.15 Å². The summed E-state index contributed by atoms with van der Waals surface area (Å²) in [5.41, 5.74) is -0.961. The molecule has 12 heteroatoms. The van der Waals surface area contributed by atoms with Crippen LogP contribution < -0.4 is 0 Å². The minimum absolute atomic E-state index is 0.0337. The van der Waals surface area contributed by atoms with Crippen molar-refractivity contribution in [2.75, 3.05) is 5.75 Å². The first kappa shape index (κ1) is 19.6. The van der Waals surface area contributed by atoms with Gasteiger partial charge in [0.2, 0.25) is 0 Å². The van der Waals surface area contributed by atoms with E-state index in [-0.39, 0.29) is 10.8 Å². The van der Waals surface area contributed by atoms with E-state index in [4.69, 9.17) is 11.6 Å². The predicted octanol–water partition coefficient (Wildman–Crippen LogP) is 3.46. The largest absolute Gasteiger partial charge is 0.454 e. The van der Waals surface area contributed by atoms with Crippen molar-refractivity contribution in [2.45, 2.75) is 23.9 Å². The Bertz CT molecular complexity index is 880. The Kier molecular flexibility index (Phi) is 5.11. The minimum atomic E-state index is -5.88. The lowest BCUT2D eigenvalue weighted by molar-refractivity contribution is -0.265. The first-order chi connectivity index (χ1) is 11.4. The van der Waals surface area contributed by atoms with E-state index in [1.54, 1.807) is 0 Å². The van der Waals surface area contributed by atoms with Crippen molar-refractivity contribution in [3.63, 3.8) is 0 Å². The van der Waals surface area contributed by atoms with Gasteiger partial charge in [0.15, 0.2) is 15.0 Å². The number of rotatable bonds is 5. The summed E-state index contributed by atoms with van der Waals surface area (Å²) in [6.45, 7) is 1.22. The number of pyridine rings is 1. The van der Waals surface area contributed by atoms with Gasteiger partial charge in [0, 0.05) is 6.20 Å². The molecule has 0 amide bonds. The van der Waals surface area contributed by atoms with Crippen LogP contribution in [-0.2, 0) is 9.84 Å². The average Bonchev–Trinajstić information content (AvgIpc) is 2.92. The maximum Gasteiger partial charge on any atom is 0.454 e. The monoisotopic (exact) mass is 402 g/mol. The Morgan fingerprint density at radius 2 is 1.92 bits per heavy atom. The van der Waals surface area contributed by atoms with E-state index in [0.717, 1.165) is 16.9 Å². The van der Waals surface area contributed by atoms with Crippen molar-refractivity contribution < 1.29 is 30.4 Å². The van der Waals surface area contributed by atoms with Crippen LogP contribution in [-0.4, -0.2) is 41.0 Å². The molecule has 0 aliphatic carbocycles. The highest BCUT2D eigenvalue weighted by atomic mass is 35.5. The van der Waals surface area contributed by atoms with Crippen LogP contribution in [0.4, 0.5) is 22.0 Å². The molecule has 25 heavy (non-hydrogen) atoms. The Morgan fingerprint density at radius 3 is 2.40 bits per heavy atom. The van der Waals surface area contributed by atoms with Gasteiger partial charge in [-0.15, -0.1) is 0 Å². The van der Waals surface area contributed by atoms with E-state index in [1.165, 1.54) is 19.2 Å². The van der Waals surface area contributed by atoms with E-state index < -0.39 is 44.7 Å². The number of hydrogen-bond acceptors (Lipinski definition) is 4. The maximum absolute atomic E-state index is 13.3. The van der Waals surface area contributed by atoms with Crippen LogP contribution in [0.15, 0.2) is 29.4 Å². The van der Waals surface area contributed by atoms with Gasteiger partial charge in [-0.1, -0.05) is 18.5 Å². The average molecular weight is 403 g/mol. The fraction of sp³-hybridized carbons (Fsp3) is 0.308. The molecule has 0 unspecified atom stereocenters. The standard InChI is InChI=1S/C13H10ClF5N3O2S/c1-2-25(23,24)10-5-8(22-4-3-11(14)21-22)7-20-9(10)6-12(15,16)13(17,18)19/h3-7H,2H2,1H3. The molecule has 1 radical (unpaired) electrons. The minimum Gasteiger partial charge on any atom is -0.257 e. The van der Waals surface area contributed by atoms with E-state index in [2.05, 4.69) is 10.1 Å². The molecular formula is C13H10ClF5N3O2S. The molecule has 0 atom stereocenters. The Morgan fingerprint density at radius 1 is 1.28 bits per heavy atom. The number of halogens is 6. The first-order valence-electron chi connectivity index (χ1n) is 6.62. The van der Waals surface area contributed by atoms with Crippen LogP contribution in [0.25, 0.3) is 5.69 Å². The van der Waals surface area contributed by atoms with Crippen molar-refractivity contribution in [1.29, 1.82) is 0 Å². The highest BCUT2D eigenvalue weighted by molar-refractivity contribution is 7.91. The molecule has 0 saturated carbocycles. The Hall–Kier alpha value is -1.75. The number of nitrogens with zero attached hydrogens (tertiary/aromatic N) is 3. The molecule has 2 rings (SSSR count). The van der Waals surface area contributed by atoms with Crippen LogP contribution in [0, 0.1) is 6.42 Å². The van der Waals surface area contributed by atoms with Gasteiger partial charge in [-0.2, -0.15) is 27.1 Å². The third-order valence-electron chi connectivity index (χ3n) is 3.10. The smallest absolute Gasteiger partial charge is 0.257 e. The number of aromatic nitrogens is 3. The molecule has 5 nitrogen and oxygen atoms in total. The Balaban J connectivity index is 2.57. The number of hydrogen-bond donors (Lipinski definition) is 0. The number of alkyl halides is 5. The molecule has 0 spiro atoms. The normalized spacial score (nSPS) is 13.2. The summed E-state index contributed by atoms with van der Waals surface area (Å²) in [4.78, 5) is 2.70.